The first-order valence-corrected chi connectivity index (χ1v) is 7.36. The predicted octanol–water partition coefficient (Wildman–Crippen LogP) is 2.17. The number of aromatic hydroxyl groups is 1. The minimum atomic E-state index is -1.27. The Balaban J connectivity index is 1.99. The standard InChI is InChI=1S/C15H12ClN3O5/c16-10-6-12-11(23-7-24-12)5-8(10)4-9-13(15(21)22)18-19(14(9)20)3-1-2-17/h5-6,20H,1,3-4,7H2,(H,21,22). The molecular weight excluding hydrogens is 338 g/mol. The number of carboxylic acid groups (broad SMARTS) is 1. The van der Waals surface area contributed by atoms with Crippen molar-refractivity contribution in [2.24, 2.45) is 0 Å². The lowest BCUT2D eigenvalue weighted by Gasteiger charge is -2.06. The van der Waals surface area contributed by atoms with Gasteiger partial charge < -0.3 is 19.7 Å². The Kier molecular flexibility index (Phi) is 4.18. The van der Waals surface area contributed by atoms with E-state index in [-0.39, 0.29) is 43.3 Å². The number of fused-ring (bicyclic) bond motifs is 1. The van der Waals surface area contributed by atoms with Crippen molar-refractivity contribution in [3.05, 3.63) is 34.0 Å². The third-order valence-corrected chi connectivity index (χ3v) is 3.92. The van der Waals surface area contributed by atoms with Crippen molar-refractivity contribution in [1.82, 2.24) is 9.78 Å². The van der Waals surface area contributed by atoms with Gasteiger partial charge in [-0.1, -0.05) is 11.6 Å². The summed E-state index contributed by atoms with van der Waals surface area (Å²) < 4.78 is 11.6. The third-order valence-electron chi connectivity index (χ3n) is 3.57. The van der Waals surface area contributed by atoms with Gasteiger partial charge in [-0.25, -0.2) is 9.48 Å². The zero-order valence-corrected chi connectivity index (χ0v) is 13.1. The van der Waals surface area contributed by atoms with E-state index in [1.807, 2.05) is 6.07 Å². The summed E-state index contributed by atoms with van der Waals surface area (Å²) in [6, 6.07) is 5.14. The SMILES string of the molecule is N#CCCn1nc(C(=O)O)c(Cc2cc3c(cc2Cl)OCO3)c1O. The largest absolute Gasteiger partial charge is 0.493 e. The first-order chi connectivity index (χ1) is 11.5. The molecule has 124 valence electrons. The summed E-state index contributed by atoms with van der Waals surface area (Å²) in [5.41, 5.74) is 0.416. The molecule has 1 aliphatic rings. The molecule has 1 aromatic carbocycles. The highest BCUT2D eigenvalue weighted by Gasteiger charge is 2.24. The van der Waals surface area contributed by atoms with E-state index in [2.05, 4.69) is 5.10 Å². The number of nitriles is 1. The normalized spacial score (nSPS) is 12.2. The molecule has 3 rings (SSSR count). The molecule has 0 atom stereocenters. The maximum Gasteiger partial charge on any atom is 0.356 e. The lowest BCUT2D eigenvalue weighted by molar-refractivity contribution is 0.0688. The van der Waals surface area contributed by atoms with Crippen LogP contribution in [0.4, 0.5) is 0 Å². The van der Waals surface area contributed by atoms with Gasteiger partial charge in [0, 0.05) is 17.5 Å². The van der Waals surface area contributed by atoms with E-state index in [1.54, 1.807) is 12.1 Å². The minimum absolute atomic E-state index is 0.0511. The van der Waals surface area contributed by atoms with E-state index in [0.717, 1.165) is 4.68 Å². The third kappa shape index (κ3) is 2.81. The van der Waals surface area contributed by atoms with Crippen LogP contribution in [-0.2, 0) is 13.0 Å². The molecule has 8 nitrogen and oxygen atoms in total. The molecule has 0 saturated heterocycles. The highest BCUT2D eigenvalue weighted by atomic mass is 35.5. The summed E-state index contributed by atoms with van der Waals surface area (Å²) in [6.07, 6.45) is 0.147. The van der Waals surface area contributed by atoms with Crippen molar-refractivity contribution in [3.8, 4) is 23.4 Å². The van der Waals surface area contributed by atoms with Gasteiger partial charge in [0.25, 0.3) is 0 Å². The monoisotopic (exact) mass is 349 g/mol. The number of aryl methyl sites for hydroxylation is 1. The molecule has 0 spiro atoms. The molecule has 2 aromatic rings. The van der Waals surface area contributed by atoms with E-state index >= 15 is 0 Å². The lowest BCUT2D eigenvalue weighted by atomic mass is 10.0. The maximum absolute atomic E-state index is 11.4. The number of benzene rings is 1. The van der Waals surface area contributed by atoms with Crippen molar-refractivity contribution in [2.75, 3.05) is 6.79 Å². The summed E-state index contributed by atoms with van der Waals surface area (Å²) in [5.74, 6) is -0.553. The predicted molar refractivity (Wildman–Crippen MR) is 81.5 cm³/mol. The van der Waals surface area contributed by atoms with Crippen molar-refractivity contribution >= 4 is 17.6 Å². The Morgan fingerprint density at radius 3 is 2.79 bits per heavy atom. The fraction of sp³-hybridized carbons (Fsp3) is 0.267. The van der Waals surface area contributed by atoms with E-state index < -0.39 is 5.97 Å². The first kappa shape index (κ1) is 16.0. The fourth-order valence-corrected chi connectivity index (χ4v) is 2.64. The van der Waals surface area contributed by atoms with Crippen LogP contribution >= 0.6 is 11.6 Å². The Morgan fingerprint density at radius 1 is 1.42 bits per heavy atom. The molecule has 0 saturated carbocycles. The van der Waals surface area contributed by atoms with Crippen LogP contribution in [0, 0.1) is 11.3 Å². The number of hydrogen-bond acceptors (Lipinski definition) is 6. The number of halogens is 1. The van der Waals surface area contributed by atoms with Crippen LogP contribution in [0.2, 0.25) is 5.02 Å². The molecular formula is C15H12ClN3O5. The van der Waals surface area contributed by atoms with E-state index in [9.17, 15) is 15.0 Å². The van der Waals surface area contributed by atoms with Gasteiger partial charge in [0.15, 0.2) is 17.2 Å². The summed E-state index contributed by atoms with van der Waals surface area (Å²) in [7, 11) is 0. The number of ether oxygens (including phenoxy) is 2. The van der Waals surface area contributed by atoms with Crippen LogP contribution in [0.5, 0.6) is 17.4 Å². The Morgan fingerprint density at radius 2 is 2.12 bits per heavy atom. The molecule has 2 N–H and O–H groups in total. The number of carbonyl (C=O) groups is 1. The minimum Gasteiger partial charge on any atom is -0.493 e. The average molecular weight is 350 g/mol. The summed E-state index contributed by atoms with van der Waals surface area (Å²) in [4.78, 5) is 11.4. The van der Waals surface area contributed by atoms with E-state index in [4.69, 9.17) is 26.3 Å². The molecule has 0 fully saturated rings. The zero-order chi connectivity index (χ0) is 17.3. The molecule has 0 unspecified atom stereocenters. The first-order valence-electron chi connectivity index (χ1n) is 6.98. The van der Waals surface area contributed by atoms with Crippen LogP contribution in [0.3, 0.4) is 0 Å². The fourth-order valence-electron chi connectivity index (χ4n) is 2.42. The highest BCUT2D eigenvalue weighted by Crippen LogP contribution is 2.38. The number of rotatable bonds is 5. The number of carboxylic acids is 1. The molecule has 0 amide bonds. The molecule has 0 radical (unpaired) electrons. The van der Waals surface area contributed by atoms with Gasteiger partial charge in [-0.15, -0.1) is 0 Å². The van der Waals surface area contributed by atoms with Gasteiger partial charge in [0.2, 0.25) is 12.7 Å². The number of aromatic carboxylic acids is 1. The second-order valence-electron chi connectivity index (χ2n) is 5.06. The van der Waals surface area contributed by atoms with Gasteiger partial charge in [-0.2, -0.15) is 10.4 Å². The summed E-state index contributed by atoms with van der Waals surface area (Å²) >= 11 is 6.20. The van der Waals surface area contributed by atoms with Crippen LogP contribution in [0.25, 0.3) is 0 Å². The maximum atomic E-state index is 11.4. The van der Waals surface area contributed by atoms with Gasteiger partial charge >= 0.3 is 5.97 Å². The smallest absolute Gasteiger partial charge is 0.356 e. The molecule has 0 aliphatic carbocycles. The zero-order valence-electron chi connectivity index (χ0n) is 12.3. The number of nitrogens with zero attached hydrogens (tertiary/aromatic N) is 3. The van der Waals surface area contributed by atoms with Gasteiger partial charge in [0.1, 0.15) is 0 Å². The van der Waals surface area contributed by atoms with Crippen molar-refractivity contribution < 1.29 is 24.5 Å². The van der Waals surface area contributed by atoms with Crippen LogP contribution in [0.1, 0.15) is 28.0 Å². The quantitative estimate of drug-likeness (QED) is 0.849. The molecule has 0 bridgehead atoms. The summed E-state index contributed by atoms with van der Waals surface area (Å²) in [5, 5.41) is 32.4. The van der Waals surface area contributed by atoms with Crippen LogP contribution in [-0.4, -0.2) is 32.8 Å². The van der Waals surface area contributed by atoms with E-state index in [1.165, 1.54) is 0 Å². The number of aromatic nitrogens is 2. The van der Waals surface area contributed by atoms with E-state index in [0.29, 0.717) is 22.1 Å². The second kappa shape index (κ2) is 6.29. The van der Waals surface area contributed by atoms with Crippen molar-refractivity contribution in [1.29, 1.82) is 5.26 Å². The second-order valence-corrected chi connectivity index (χ2v) is 5.47. The van der Waals surface area contributed by atoms with Crippen molar-refractivity contribution in [3.63, 3.8) is 0 Å². The highest BCUT2D eigenvalue weighted by molar-refractivity contribution is 6.31. The van der Waals surface area contributed by atoms with Gasteiger partial charge in [-0.05, 0) is 11.6 Å². The molecule has 9 heteroatoms. The van der Waals surface area contributed by atoms with Gasteiger partial charge in [0.05, 0.1) is 24.6 Å². The molecule has 1 aliphatic heterocycles. The van der Waals surface area contributed by atoms with Crippen LogP contribution in [0.15, 0.2) is 12.1 Å². The van der Waals surface area contributed by atoms with Crippen molar-refractivity contribution in [2.45, 2.75) is 19.4 Å². The molecule has 1 aromatic heterocycles. The Labute approximate surface area is 141 Å². The lowest BCUT2D eigenvalue weighted by Crippen LogP contribution is -2.04. The number of hydrogen-bond donors (Lipinski definition) is 2. The Bertz CT molecular complexity index is 856. The van der Waals surface area contributed by atoms with Gasteiger partial charge in [-0.3, -0.25) is 0 Å². The average Bonchev–Trinajstić information content (AvgIpc) is 3.11. The van der Waals surface area contributed by atoms with Crippen LogP contribution < -0.4 is 9.47 Å². The Hall–Kier alpha value is -2.92. The molecule has 24 heavy (non-hydrogen) atoms. The molecule has 2 heterocycles. The summed E-state index contributed by atoms with van der Waals surface area (Å²) in [6.45, 7) is 0.185. The topological polar surface area (TPSA) is 118 Å².